The lowest BCUT2D eigenvalue weighted by Gasteiger charge is -2.31. The summed E-state index contributed by atoms with van der Waals surface area (Å²) in [6, 6.07) is 20.6. The standard InChI is InChI=1S/C25H22Cl2N2O2S/c1-16-20(27)13-14-21-22(16)28-24(32-21)29(15-17-7-5-4-6-8-17)23(30)25(2,3)31-19-11-9-18(26)10-12-19/h4-14H,15H2,1-3H3. The van der Waals surface area contributed by atoms with Crippen LogP contribution in [0.5, 0.6) is 5.75 Å². The third-order valence-electron chi connectivity index (χ3n) is 5.10. The maximum atomic E-state index is 13.8. The van der Waals surface area contributed by atoms with E-state index in [0.29, 0.717) is 27.5 Å². The fourth-order valence-corrected chi connectivity index (χ4v) is 4.66. The van der Waals surface area contributed by atoms with Crippen LogP contribution in [-0.2, 0) is 11.3 Å². The molecule has 1 heterocycles. The summed E-state index contributed by atoms with van der Waals surface area (Å²) in [5, 5.41) is 1.87. The summed E-state index contributed by atoms with van der Waals surface area (Å²) in [5.41, 5.74) is 1.57. The molecule has 4 nitrogen and oxygen atoms in total. The number of hydrogen-bond donors (Lipinski definition) is 0. The average Bonchev–Trinajstić information content (AvgIpc) is 3.21. The van der Waals surface area contributed by atoms with Crippen LogP contribution in [0.25, 0.3) is 10.2 Å². The predicted octanol–water partition coefficient (Wildman–Crippen LogP) is 7.30. The molecule has 0 aliphatic carbocycles. The lowest BCUT2D eigenvalue weighted by atomic mass is 10.1. The van der Waals surface area contributed by atoms with E-state index >= 15 is 0 Å². The van der Waals surface area contributed by atoms with Gasteiger partial charge in [0.25, 0.3) is 5.91 Å². The van der Waals surface area contributed by atoms with E-state index in [1.54, 1.807) is 43.0 Å². The molecule has 0 fully saturated rings. The van der Waals surface area contributed by atoms with Crippen molar-refractivity contribution in [3.63, 3.8) is 0 Å². The van der Waals surface area contributed by atoms with Gasteiger partial charge in [-0.05, 0) is 68.3 Å². The number of anilines is 1. The van der Waals surface area contributed by atoms with Crippen molar-refractivity contribution < 1.29 is 9.53 Å². The van der Waals surface area contributed by atoms with Crippen molar-refractivity contribution in [2.45, 2.75) is 32.9 Å². The molecule has 1 amide bonds. The first-order valence-electron chi connectivity index (χ1n) is 10.1. The minimum Gasteiger partial charge on any atom is -0.478 e. The van der Waals surface area contributed by atoms with E-state index < -0.39 is 5.60 Å². The maximum Gasteiger partial charge on any atom is 0.272 e. The van der Waals surface area contributed by atoms with Crippen molar-refractivity contribution in [1.82, 2.24) is 4.98 Å². The molecule has 0 bridgehead atoms. The minimum atomic E-state index is -1.13. The molecule has 32 heavy (non-hydrogen) atoms. The smallest absolute Gasteiger partial charge is 0.272 e. The summed E-state index contributed by atoms with van der Waals surface area (Å²) in [7, 11) is 0. The Kier molecular flexibility index (Phi) is 6.42. The predicted molar refractivity (Wildman–Crippen MR) is 133 cm³/mol. The maximum absolute atomic E-state index is 13.8. The molecule has 0 atom stereocenters. The van der Waals surface area contributed by atoms with Crippen LogP contribution >= 0.6 is 34.5 Å². The first kappa shape index (κ1) is 22.6. The number of carbonyl (C=O) groups excluding carboxylic acids is 1. The van der Waals surface area contributed by atoms with Gasteiger partial charge in [-0.15, -0.1) is 0 Å². The van der Waals surface area contributed by atoms with Crippen LogP contribution in [0, 0.1) is 6.92 Å². The molecule has 0 saturated heterocycles. The van der Waals surface area contributed by atoms with Gasteiger partial charge in [-0.1, -0.05) is 64.9 Å². The van der Waals surface area contributed by atoms with Gasteiger partial charge in [-0.2, -0.15) is 0 Å². The van der Waals surface area contributed by atoms with Crippen molar-refractivity contribution in [3.05, 3.63) is 87.9 Å². The number of rotatable bonds is 6. The molecule has 0 saturated carbocycles. The summed E-state index contributed by atoms with van der Waals surface area (Å²) in [5.74, 6) is 0.374. The largest absolute Gasteiger partial charge is 0.478 e. The summed E-state index contributed by atoms with van der Waals surface area (Å²) in [6.07, 6.45) is 0. The van der Waals surface area contributed by atoms with Gasteiger partial charge in [0.2, 0.25) is 0 Å². The zero-order chi connectivity index (χ0) is 22.9. The molecule has 0 unspecified atom stereocenters. The molecule has 7 heteroatoms. The van der Waals surface area contributed by atoms with Gasteiger partial charge in [-0.3, -0.25) is 9.69 Å². The lowest BCUT2D eigenvalue weighted by molar-refractivity contribution is -0.131. The van der Waals surface area contributed by atoms with Gasteiger partial charge >= 0.3 is 0 Å². The number of thiazole rings is 1. The number of carbonyl (C=O) groups is 1. The highest BCUT2D eigenvalue weighted by Crippen LogP contribution is 2.35. The minimum absolute atomic E-state index is 0.195. The third kappa shape index (κ3) is 4.75. The normalized spacial score (nSPS) is 11.5. The number of aromatic nitrogens is 1. The number of hydrogen-bond acceptors (Lipinski definition) is 4. The topological polar surface area (TPSA) is 42.4 Å². The van der Waals surface area contributed by atoms with Crippen LogP contribution in [0.15, 0.2) is 66.7 Å². The average molecular weight is 485 g/mol. The van der Waals surface area contributed by atoms with E-state index in [0.717, 1.165) is 21.3 Å². The Morgan fingerprint density at radius 3 is 2.41 bits per heavy atom. The Morgan fingerprint density at radius 2 is 1.72 bits per heavy atom. The van der Waals surface area contributed by atoms with E-state index in [1.807, 2.05) is 49.4 Å². The zero-order valence-corrected chi connectivity index (χ0v) is 20.3. The molecule has 164 valence electrons. The molecule has 0 N–H and O–H groups in total. The SMILES string of the molecule is Cc1c(Cl)ccc2sc(N(Cc3ccccc3)C(=O)C(C)(C)Oc3ccc(Cl)cc3)nc12. The van der Waals surface area contributed by atoms with Crippen molar-refractivity contribution >= 4 is 55.8 Å². The van der Waals surface area contributed by atoms with Crippen LogP contribution in [0.1, 0.15) is 25.0 Å². The van der Waals surface area contributed by atoms with Gasteiger partial charge in [0.05, 0.1) is 16.8 Å². The molecular formula is C25H22Cl2N2O2S. The van der Waals surface area contributed by atoms with E-state index in [9.17, 15) is 4.79 Å². The van der Waals surface area contributed by atoms with Gasteiger partial charge in [-0.25, -0.2) is 4.98 Å². The monoisotopic (exact) mass is 484 g/mol. The van der Waals surface area contributed by atoms with Crippen LogP contribution in [0.3, 0.4) is 0 Å². The first-order chi connectivity index (χ1) is 15.2. The van der Waals surface area contributed by atoms with Crippen LogP contribution in [-0.4, -0.2) is 16.5 Å². The van der Waals surface area contributed by atoms with Crippen molar-refractivity contribution in [1.29, 1.82) is 0 Å². The number of ether oxygens (including phenoxy) is 1. The van der Waals surface area contributed by atoms with Crippen LogP contribution < -0.4 is 9.64 Å². The number of benzene rings is 3. The van der Waals surface area contributed by atoms with Crippen LogP contribution in [0.4, 0.5) is 5.13 Å². The molecule has 4 rings (SSSR count). The molecule has 3 aromatic carbocycles. The number of amides is 1. The molecule has 0 aliphatic rings. The fraction of sp³-hybridized carbons (Fsp3) is 0.200. The summed E-state index contributed by atoms with van der Waals surface area (Å²) < 4.78 is 7.06. The zero-order valence-electron chi connectivity index (χ0n) is 17.9. The molecule has 0 aliphatic heterocycles. The molecule has 0 spiro atoms. The van der Waals surface area contributed by atoms with Gasteiger partial charge in [0.15, 0.2) is 10.7 Å². The quantitative estimate of drug-likeness (QED) is 0.288. The van der Waals surface area contributed by atoms with Crippen LogP contribution in [0.2, 0.25) is 10.0 Å². The van der Waals surface area contributed by atoms with Gasteiger partial charge in [0, 0.05) is 10.0 Å². The van der Waals surface area contributed by atoms with E-state index in [2.05, 4.69) is 0 Å². The van der Waals surface area contributed by atoms with Crippen molar-refractivity contribution in [2.75, 3.05) is 4.90 Å². The second-order valence-electron chi connectivity index (χ2n) is 7.96. The van der Waals surface area contributed by atoms with Gasteiger partial charge < -0.3 is 4.74 Å². The Hall–Kier alpha value is -2.60. The molecule has 1 aromatic heterocycles. The Bertz CT molecular complexity index is 1250. The second-order valence-corrected chi connectivity index (χ2v) is 9.81. The van der Waals surface area contributed by atoms with E-state index in [-0.39, 0.29) is 5.91 Å². The van der Waals surface area contributed by atoms with Crippen molar-refractivity contribution in [3.8, 4) is 5.75 Å². The Labute approximate surface area is 201 Å². The van der Waals surface area contributed by atoms with Crippen molar-refractivity contribution in [2.24, 2.45) is 0 Å². The Morgan fingerprint density at radius 1 is 1.03 bits per heavy atom. The third-order valence-corrected chi connectivity index (χ3v) is 6.80. The first-order valence-corrected chi connectivity index (χ1v) is 11.7. The second kappa shape index (κ2) is 9.10. The van der Waals surface area contributed by atoms with E-state index in [4.69, 9.17) is 32.9 Å². The number of aryl methyl sites for hydroxylation is 1. The molecule has 4 aromatic rings. The summed E-state index contributed by atoms with van der Waals surface area (Å²) in [6.45, 7) is 5.83. The summed E-state index contributed by atoms with van der Waals surface area (Å²) in [4.78, 5) is 20.3. The van der Waals surface area contributed by atoms with Gasteiger partial charge in [0.1, 0.15) is 5.75 Å². The highest BCUT2D eigenvalue weighted by molar-refractivity contribution is 7.22. The molecular weight excluding hydrogens is 463 g/mol. The highest BCUT2D eigenvalue weighted by atomic mass is 35.5. The number of fused-ring (bicyclic) bond motifs is 1. The highest BCUT2D eigenvalue weighted by Gasteiger charge is 2.36. The lowest BCUT2D eigenvalue weighted by Crippen LogP contribution is -2.48. The fourth-order valence-electron chi connectivity index (χ4n) is 3.36. The number of halogens is 2. The van der Waals surface area contributed by atoms with E-state index in [1.165, 1.54) is 11.3 Å². The Balaban J connectivity index is 1.72. The summed E-state index contributed by atoms with van der Waals surface area (Å²) >= 11 is 13.7. The molecule has 0 radical (unpaired) electrons. The number of nitrogens with zero attached hydrogens (tertiary/aromatic N) is 2.